The van der Waals surface area contributed by atoms with Crippen molar-refractivity contribution in [3.05, 3.63) is 65.2 Å². The van der Waals surface area contributed by atoms with E-state index in [9.17, 15) is 10.1 Å². The minimum atomic E-state index is -0.947. The number of carbonyl (C=O) groups is 1. The quantitative estimate of drug-likeness (QED) is 0.798. The Balaban J connectivity index is 1.80. The Bertz CT molecular complexity index is 840. The van der Waals surface area contributed by atoms with E-state index in [1.165, 1.54) is 17.5 Å². The molecule has 1 aromatic carbocycles. The monoisotopic (exact) mass is 320 g/mol. The third-order valence-electron chi connectivity index (χ3n) is 3.16. The summed E-state index contributed by atoms with van der Waals surface area (Å²) in [4.78, 5) is 20.7. The van der Waals surface area contributed by atoms with Crippen LogP contribution in [-0.2, 0) is 4.79 Å². The van der Waals surface area contributed by atoms with E-state index in [0.717, 1.165) is 11.3 Å². The molecule has 1 N–H and O–H groups in total. The Morgan fingerprint density at radius 2 is 2.04 bits per heavy atom. The summed E-state index contributed by atoms with van der Waals surface area (Å²) in [6.07, 6.45) is 3.15. The van der Waals surface area contributed by atoms with Crippen molar-refractivity contribution in [2.45, 2.75) is 5.92 Å². The van der Waals surface area contributed by atoms with Gasteiger partial charge < -0.3 is 5.32 Å². The van der Waals surface area contributed by atoms with Gasteiger partial charge in [0, 0.05) is 17.1 Å². The van der Waals surface area contributed by atoms with E-state index in [1.807, 2.05) is 41.8 Å². The van der Waals surface area contributed by atoms with Crippen LogP contribution in [0.25, 0.3) is 11.3 Å². The highest BCUT2D eigenvalue weighted by molar-refractivity contribution is 7.10. The maximum Gasteiger partial charge on any atom is 0.248 e. The van der Waals surface area contributed by atoms with Crippen LogP contribution in [-0.4, -0.2) is 15.9 Å². The molecular formula is C17H12N4OS. The number of nitrogens with zero attached hydrogens (tertiary/aromatic N) is 3. The van der Waals surface area contributed by atoms with E-state index >= 15 is 0 Å². The Labute approximate surface area is 137 Å². The lowest BCUT2D eigenvalue weighted by Gasteiger charge is -2.07. The van der Waals surface area contributed by atoms with Crippen LogP contribution in [0.3, 0.4) is 0 Å². The van der Waals surface area contributed by atoms with Gasteiger partial charge in [-0.05, 0) is 12.1 Å². The predicted molar refractivity (Wildman–Crippen MR) is 88.8 cm³/mol. The van der Waals surface area contributed by atoms with E-state index in [-0.39, 0.29) is 0 Å². The topological polar surface area (TPSA) is 78.7 Å². The van der Waals surface area contributed by atoms with Crippen LogP contribution in [0.15, 0.2) is 60.2 Å². The lowest BCUT2D eigenvalue weighted by atomic mass is 10.1. The molecule has 0 bridgehead atoms. The SMILES string of the molecule is N#CC(C(=O)Nc1cccnc1)c1nc(-c2ccccc2)cs1. The van der Waals surface area contributed by atoms with E-state index in [0.29, 0.717) is 10.7 Å². The zero-order valence-corrected chi connectivity index (χ0v) is 12.8. The van der Waals surface area contributed by atoms with Crippen molar-refractivity contribution in [2.24, 2.45) is 0 Å². The fraction of sp³-hybridized carbons (Fsp3) is 0.0588. The number of hydrogen-bond acceptors (Lipinski definition) is 5. The van der Waals surface area contributed by atoms with Crippen molar-refractivity contribution in [2.75, 3.05) is 5.32 Å². The summed E-state index contributed by atoms with van der Waals surface area (Å²) in [5.74, 6) is -1.35. The van der Waals surface area contributed by atoms with Gasteiger partial charge in [-0.15, -0.1) is 11.3 Å². The number of benzene rings is 1. The van der Waals surface area contributed by atoms with Gasteiger partial charge in [-0.1, -0.05) is 30.3 Å². The number of hydrogen-bond donors (Lipinski definition) is 1. The number of nitriles is 1. The average Bonchev–Trinajstić information content (AvgIpc) is 3.07. The van der Waals surface area contributed by atoms with Gasteiger partial charge in [0.05, 0.1) is 23.6 Å². The molecule has 23 heavy (non-hydrogen) atoms. The van der Waals surface area contributed by atoms with E-state index in [4.69, 9.17) is 0 Å². The van der Waals surface area contributed by atoms with Crippen molar-refractivity contribution in [3.8, 4) is 17.3 Å². The number of amides is 1. The Hall–Kier alpha value is -3.04. The highest BCUT2D eigenvalue weighted by Gasteiger charge is 2.24. The molecule has 0 aliphatic rings. The number of pyridine rings is 1. The molecule has 3 rings (SSSR count). The first kappa shape index (κ1) is 14.9. The van der Waals surface area contributed by atoms with Gasteiger partial charge in [-0.25, -0.2) is 4.98 Å². The Morgan fingerprint density at radius 1 is 1.22 bits per heavy atom. The zero-order valence-electron chi connectivity index (χ0n) is 12.0. The molecule has 0 aliphatic heterocycles. The highest BCUT2D eigenvalue weighted by atomic mass is 32.1. The second kappa shape index (κ2) is 6.81. The molecular weight excluding hydrogens is 308 g/mol. The van der Waals surface area contributed by atoms with Crippen LogP contribution in [0.5, 0.6) is 0 Å². The summed E-state index contributed by atoms with van der Waals surface area (Å²) in [5.41, 5.74) is 2.27. The lowest BCUT2D eigenvalue weighted by Crippen LogP contribution is -2.20. The number of nitrogens with one attached hydrogen (secondary N) is 1. The van der Waals surface area contributed by atoms with Crippen LogP contribution in [0, 0.1) is 11.3 Å². The third kappa shape index (κ3) is 3.42. The number of rotatable bonds is 4. The molecule has 0 fully saturated rings. The zero-order chi connectivity index (χ0) is 16.1. The molecule has 1 amide bonds. The second-order valence-corrected chi connectivity index (χ2v) is 5.62. The molecule has 0 radical (unpaired) electrons. The minimum absolute atomic E-state index is 0.408. The summed E-state index contributed by atoms with van der Waals surface area (Å²) < 4.78 is 0. The van der Waals surface area contributed by atoms with Gasteiger partial charge in [0.1, 0.15) is 5.01 Å². The molecule has 5 nitrogen and oxygen atoms in total. The van der Waals surface area contributed by atoms with E-state index in [1.54, 1.807) is 18.3 Å². The first-order valence-corrected chi connectivity index (χ1v) is 7.77. The molecule has 3 aromatic rings. The molecule has 0 saturated heterocycles. The van der Waals surface area contributed by atoms with Crippen LogP contribution in [0.4, 0.5) is 5.69 Å². The molecule has 1 unspecified atom stereocenters. The van der Waals surface area contributed by atoms with E-state index < -0.39 is 11.8 Å². The first-order chi connectivity index (χ1) is 11.3. The Kier molecular flexibility index (Phi) is 4.41. The largest absolute Gasteiger partial charge is 0.323 e. The van der Waals surface area contributed by atoms with Gasteiger partial charge >= 0.3 is 0 Å². The fourth-order valence-corrected chi connectivity index (χ4v) is 2.91. The highest BCUT2D eigenvalue weighted by Crippen LogP contribution is 2.27. The molecule has 112 valence electrons. The van der Waals surface area contributed by atoms with E-state index in [2.05, 4.69) is 15.3 Å². The van der Waals surface area contributed by atoms with Crippen molar-refractivity contribution in [3.63, 3.8) is 0 Å². The number of carbonyl (C=O) groups excluding carboxylic acids is 1. The number of aromatic nitrogens is 2. The lowest BCUT2D eigenvalue weighted by molar-refractivity contribution is -0.116. The van der Waals surface area contributed by atoms with Gasteiger partial charge in [0.15, 0.2) is 5.92 Å². The van der Waals surface area contributed by atoms with Gasteiger partial charge in [-0.3, -0.25) is 9.78 Å². The maximum absolute atomic E-state index is 12.3. The predicted octanol–water partition coefficient (Wildman–Crippen LogP) is 3.45. The summed E-state index contributed by atoms with van der Waals surface area (Å²) >= 11 is 1.31. The van der Waals surface area contributed by atoms with Crippen molar-refractivity contribution < 1.29 is 4.79 Å². The van der Waals surface area contributed by atoms with Crippen LogP contribution in [0.2, 0.25) is 0 Å². The second-order valence-electron chi connectivity index (χ2n) is 4.73. The maximum atomic E-state index is 12.3. The van der Waals surface area contributed by atoms with Crippen molar-refractivity contribution in [1.82, 2.24) is 9.97 Å². The van der Waals surface area contributed by atoms with Gasteiger partial charge in [0.25, 0.3) is 0 Å². The summed E-state index contributed by atoms with van der Waals surface area (Å²) in [7, 11) is 0. The van der Waals surface area contributed by atoms with Gasteiger partial charge in [-0.2, -0.15) is 5.26 Å². The van der Waals surface area contributed by atoms with Gasteiger partial charge in [0.2, 0.25) is 5.91 Å². The normalized spacial score (nSPS) is 11.4. The molecule has 2 heterocycles. The standard InChI is InChI=1S/C17H12N4OS/c18-9-14(16(22)20-13-7-4-8-19-10-13)17-21-15(11-23-17)12-5-2-1-3-6-12/h1-8,10-11,14H,(H,20,22). The number of thiazole rings is 1. The fourth-order valence-electron chi connectivity index (χ4n) is 2.04. The molecule has 1 atom stereocenters. The molecule has 0 saturated carbocycles. The molecule has 0 spiro atoms. The van der Waals surface area contributed by atoms with Crippen molar-refractivity contribution in [1.29, 1.82) is 5.26 Å². The third-order valence-corrected chi connectivity index (χ3v) is 4.07. The first-order valence-electron chi connectivity index (χ1n) is 6.89. The molecule has 6 heteroatoms. The van der Waals surface area contributed by atoms with Crippen LogP contribution < -0.4 is 5.32 Å². The number of anilines is 1. The minimum Gasteiger partial charge on any atom is -0.323 e. The average molecular weight is 320 g/mol. The smallest absolute Gasteiger partial charge is 0.248 e. The van der Waals surface area contributed by atoms with Crippen molar-refractivity contribution >= 4 is 22.9 Å². The summed E-state index contributed by atoms with van der Waals surface area (Å²) in [6, 6.07) is 15.1. The van der Waals surface area contributed by atoms with Crippen LogP contribution >= 0.6 is 11.3 Å². The summed E-state index contributed by atoms with van der Waals surface area (Å²) in [5, 5.41) is 14.4. The molecule has 2 aromatic heterocycles. The van der Waals surface area contributed by atoms with Crippen LogP contribution in [0.1, 0.15) is 10.9 Å². The molecule has 0 aliphatic carbocycles. The summed E-state index contributed by atoms with van der Waals surface area (Å²) in [6.45, 7) is 0. The Morgan fingerprint density at radius 3 is 2.74 bits per heavy atom.